The molecule has 2 amide bonds. The average Bonchev–Trinajstić information content (AvgIpc) is 2.90. The summed E-state index contributed by atoms with van der Waals surface area (Å²) < 4.78 is 0. The molecule has 3 unspecified atom stereocenters. The van der Waals surface area contributed by atoms with Gasteiger partial charge in [-0.15, -0.1) is 0 Å². The van der Waals surface area contributed by atoms with Crippen LogP contribution in [0, 0.1) is 5.92 Å². The fourth-order valence-corrected chi connectivity index (χ4v) is 3.74. The van der Waals surface area contributed by atoms with Crippen LogP contribution in [0.1, 0.15) is 58.3 Å². The summed E-state index contributed by atoms with van der Waals surface area (Å²) in [6.45, 7) is 2.58. The van der Waals surface area contributed by atoms with Gasteiger partial charge < -0.3 is 15.3 Å². The minimum absolute atomic E-state index is 0.0565. The molecule has 0 radical (unpaired) electrons. The molecule has 1 heterocycles. The lowest BCUT2D eigenvalue weighted by Gasteiger charge is -2.33. The minimum atomic E-state index is -0.918. The number of rotatable bonds is 6. The summed E-state index contributed by atoms with van der Waals surface area (Å²) in [6.07, 6.45) is 5.73. The zero-order chi connectivity index (χ0) is 16.1. The molecule has 2 rings (SSSR count). The van der Waals surface area contributed by atoms with E-state index in [1.165, 1.54) is 0 Å². The first-order valence-electron chi connectivity index (χ1n) is 8.35. The van der Waals surface area contributed by atoms with E-state index in [0.717, 1.165) is 32.1 Å². The number of amides is 2. The number of fused-ring (bicyclic) bond motifs is 1. The molecule has 0 aromatic carbocycles. The number of carbonyl (C=O) groups is 3. The highest BCUT2D eigenvalue weighted by molar-refractivity contribution is 5.87. The number of carboxylic acids is 1. The Morgan fingerprint density at radius 2 is 1.91 bits per heavy atom. The lowest BCUT2D eigenvalue weighted by Crippen LogP contribution is -2.46. The lowest BCUT2D eigenvalue weighted by molar-refractivity contribution is -0.150. The molecule has 1 aliphatic carbocycles. The second kappa shape index (κ2) is 7.61. The number of hydrogen-bond donors (Lipinski definition) is 2. The SMILES string of the molecule is CCCNC(=O)CCC(=O)N1C(C(=O)O)CC2CCCCC21. The van der Waals surface area contributed by atoms with Crippen molar-refractivity contribution in [2.45, 2.75) is 70.4 Å². The van der Waals surface area contributed by atoms with Crippen molar-refractivity contribution in [1.29, 1.82) is 0 Å². The van der Waals surface area contributed by atoms with Crippen molar-refractivity contribution in [1.82, 2.24) is 10.2 Å². The number of aliphatic carboxylic acids is 1. The van der Waals surface area contributed by atoms with Gasteiger partial charge in [0.05, 0.1) is 0 Å². The Morgan fingerprint density at radius 1 is 1.18 bits per heavy atom. The van der Waals surface area contributed by atoms with Gasteiger partial charge in [0.25, 0.3) is 0 Å². The number of hydrogen-bond acceptors (Lipinski definition) is 3. The molecule has 2 aliphatic rings. The maximum Gasteiger partial charge on any atom is 0.326 e. The van der Waals surface area contributed by atoms with E-state index in [4.69, 9.17) is 0 Å². The van der Waals surface area contributed by atoms with Crippen molar-refractivity contribution < 1.29 is 19.5 Å². The van der Waals surface area contributed by atoms with Crippen molar-refractivity contribution in [3.8, 4) is 0 Å². The van der Waals surface area contributed by atoms with Gasteiger partial charge in [-0.05, 0) is 31.6 Å². The van der Waals surface area contributed by atoms with E-state index in [0.29, 0.717) is 18.9 Å². The predicted octanol–water partition coefficient (Wildman–Crippen LogP) is 1.54. The van der Waals surface area contributed by atoms with Crippen LogP contribution in [0.25, 0.3) is 0 Å². The summed E-state index contributed by atoms with van der Waals surface area (Å²) in [5.41, 5.74) is 0. The molecule has 1 saturated heterocycles. The predicted molar refractivity (Wildman–Crippen MR) is 81.2 cm³/mol. The number of carboxylic acid groups (broad SMARTS) is 1. The molecule has 0 spiro atoms. The summed E-state index contributed by atoms with van der Waals surface area (Å²) in [4.78, 5) is 37.1. The summed E-state index contributed by atoms with van der Waals surface area (Å²) in [5, 5.41) is 12.1. The zero-order valence-corrected chi connectivity index (χ0v) is 13.2. The largest absolute Gasteiger partial charge is 0.480 e. The van der Waals surface area contributed by atoms with Gasteiger partial charge in [0, 0.05) is 25.4 Å². The fraction of sp³-hybridized carbons (Fsp3) is 0.812. The molecule has 22 heavy (non-hydrogen) atoms. The normalized spacial score (nSPS) is 27.3. The van der Waals surface area contributed by atoms with E-state index >= 15 is 0 Å². The van der Waals surface area contributed by atoms with Crippen LogP contribution in [0.5, 0.6) is 0 Å². The van der Waals surface area contributed by atoms with Gasteiger partial charge in [-0.2, -0.15) is 0 Å². The van der Waals surface area contributed by atoms with Crippen molar-refractivity contribution in [3.05, 3.63) is 0 Å². The standard InChI is InChI=1S/C16H26N2O4/c1-2-9-17-14(19)7-8-15(20)18-12-6-4-3-5-11(12)10-13(18)16(21)22/h11-13H,2-10H2,1H3,(H,17,19)(H,21,22). The van der Waals surface area contributed by atoms with Gasteiger partial charge in [-0.1, -0.05) is 19.8 Å². The third kappa shape index (κ3) is 3.78. The van der Waals surface area contributed by atoms with Crippen LogP contribution in [-0.4, -0.2) is 46.4 Å². The van der Waals surface area contributed by atoms with E-state index in [9.17, 15) is 19.5 Å². The maximum atomic E-state index is 12.5. The average molecular weight is 310 g/mol. The minimum Gasteiger partial charge on any atom is -0.480 e. The second-order valence-corrected chi connectivity index (χ2v) is 6.35. The molecule has 6 nitrogen and oxygen atoms in total. The quantitative estimate of drug-likeness (QED) is 0.779. The van der Waals surface area contributed by atoms with Crippen molar-refractivity contribution in [2.24, 2.45) is 5.92 Å². The van der Waals surface area contributed by atoms with Crippen molar-refractivity contribution in [3.63, 3.8) is 0 Å². The molecule has 0 aromatic rings. The smallest absolute Gasteiger partial charge is 0.326 e. The van der Waals surface area contributed by atoms with Gasteiger partial charge in [0.1, 0.15) is 6.04 Å². The zero-order valence-electron chi connectivity index (χ0n) is 13.2. The van der Waals surface area contributed by atoms with E-state index in [1.54, 1.807) is 4.90 Å². The topological polar surface area (TPSA) is 86.7 Å². The highest BCUT2D eigenvalue weighted by atomic mass is 16.4. The van der Waals surface area contributed by atoms with E-state index < -0.39 is 12.0 Å². The summed E-state index contributed by atoms with van der Waals surface area (Å²) >= 11 is 0. The number of nitrogens with zero attached hydrogens (tertiary/aromatic N) is 1. The highest BCUT2D eigenvalue weighted by Gasteiger charge is 2.47. The third-order valence-electron chi connectivity index (χ3n) is 4.80. The van der Waals surface area contributed by atoms with Crippen LogP contribution in [0.2, 0.25) is 0 Å². The Bertz CT molecular complexity index is 438. The third-order valence-corrected chi connectivity index (χ3v) is 4.80. The van der Waals surface area contributed by atoms with E-state index in [1.807, 2.05) is 6.92 Å². The molecule has 1 aliphatic heterocycles. The van der Waals surface area contributed by atoms with Crippen LogP contribution < -0.4 is 5.32 Å². The lowest BCUT2D eigenvalue weighted by atomic mass is 9.84. The molecule has 2 fully saturated rings. The Kier molecular flexibility index (Phi) is 5.80. The van der Waals surface area contributed by atoms with Crippen LogP contribution in [0.15, 0.2) is 0 Å². The van der Waals surface area contributed by atoms with Gasteiger partial charge in [0.2, 0.25) is 11.8 Å². The van der Waals surface area contributed by atoms with Crippen LogP contribution in [-0.2, 0) is 14.4 Å². The van der Waals surface area contributed by atoms with E-state index in [-0.39, 0.29) is 30.7 Å². The molecule has 124 valence electrons. The van der Waals surface area contributed by atoms with Gasteiger partial charge in [-0.25, -0.2) is 4.79 Å². The van der Waals surface area contributed by atoms with Gasteiger partial charge in [0.15, 0.2) is 0 Å². The molecule has 1 saturated carbocycles. The monoisotopic (exact) mass is 310 g/mol. The number of likely N-dealkylation sites (tertiary alicyclic amines) is 1. The van der Waals surface area contributed by atoms with E-state index in [2.05, 4.69) is 5.32 Å². The second-order valence-electron chi connectivity index (χ2n) is 6.35. The van der Waals surface area contributed by atoms with Crippen molar-refractivity contribution in [2.75, 3.05) is 6.54 Å². The highest BCUT2D eigenvalue weighted by Crippen LogP contribution is 2.40. The molecular formula is C16H26N2O4. The van der Waals surface area contributed by atoms with Crippen LogP contribution in [0.4, 0.5) is 0 Å². The fourth-order valence-electron chi connectivity index (χ4n) is 3.74. The number of carbonyl (C=O) groups excluding carboxylic acids is 2. The summed E-state index contributed by atoms with van der Waals surface area (Å²) in [5.74, 6) is -0.930. The summed E-state index contributed by atoms with van der Waals surface area (Å²) in [6, 6.07) is -0.652. The van der Waals surface area contributed by atoms with Gasteiger partial charge in [-0.3, -0.25) is 9.59 Å². The molecule has 3 atom stereocenters. The summed E-state index contributed by atoms with van der Waals surface area (Å²) in [7, 11) is 0. The molecule has 2 N–H and O–H groups in total. The van der Waals surface area contributed by atoms with Crippen molar-refractivity contribution >= 4 is 17.8 Å². The first-order valence-corrected chi connectivity index (χ1v) is 8.35. The molecule has 0 aromatic heterocycles. The number of nitrogens with one attached hydrogen (secondary N) is 1. The Balaban J connectivity index is 1.95. The van der Waals surface area contributed by atoms with Gasteiger partial charge >= 0.3 is 5.97 Å². The first-order chi connectivity index (χ1) is 10.5. The Morgan fingerprint density at radius 3 is 2.59 bits per heavy atom. The van der Waals surface area contributed by atoms with Crippen LogP contribution in [0.3, 0.4) is 0 Å². The molecule has 6 heteroatoms. The maximum absolute atomic E-state index is 12.5. The first kappa shape index (κ1) is 16.8. The molecular weight excluding hydrogens is 284 g/mol. The van der Waals surface area contributed by atoms with Crippen LogP contribution >= 0.6 is 0 Å². The Hall–Kier alpha value is -1.59. The Labute approximate surface area is 131 Å². The molecule has 0 bridgehead atoms.